The third-order valence-electron chi connectivity index (χ3n) is 6.13. The largest absolute Gasteiger partial charge is 0.493 e. The monoisotopic (exact) mass is 412 g/mol. The second-order valence-corrected chi connectivity index (χ2v) is 8.16. The van der Waals surface area contributed by atoms with E-state index in [0.29, 0.717) is 0 Å². The number of aromatic nitrogens is 4. The molecular formula is C24H24N6O. The molecule has 7 nitrogen and oxygen atoms in total. The van der Waals surface area contributed by atoms with Crippen molar-refractivity contribution in [1.29, 1.82) is 0 Å². The van der Waals surface area contributed by atoms with Gasteiger partial charge in [0.25, 0.3) is 0 Å². The lowest BCUT2D eigenvalue weighted by molar-refractivity contribution is 0.247. The zero-order valence-electron chi connectivity index (χ0n) is 17.3. The van der Waals surface area contributed by atoms with Crippen molar-refractivity contribution in [2.45, 2.75) is 13.0 Å². The van der Waals surface area contributed by atoms with Crippen molar-refractivity contribution in [3.63, 3.8) is 0 Å². The summed E-state index contributed by atoms with van der Waals surface area (Å²) in [5, 5.41) is 1.08. The van der Waals surface area contributed by atoms with Gasteiger partial charge in [0.1, 0.15) is 17.4 Å². The van der Waals surface area contributed by atoms with E-state index in [4.69, 9.17) is 9.72 Å². The number of hydrogen-bond acceptors (Lipinski definition) is 6. The Kier molecular flexibility index (Phi) is 4.53. The Morgan fingerprint density at radius 2 is 1.94 bits per heavy atom. The van der Waals surface area contributed by atoms with Crippen LogP contribution in [0.15, 0.2) is 54.9 Å². The highest BCUT2D eigenvalue weighted by Gasteiger charge is 2.20. The van der Waals surface area contributed by atoms with Gasteiger partial charge in [-0.25, -0.2) is 15.0 Å². The summed E-state index contributed by atoms with van der Waals surface area (Å²) in [6.45, 7) is 5.55. The Labute approximate surface area is 180 Å². The van der Waals surface area contributed by atoms with E-state index in [9.17, 15) is 0 Å². The number of aromatic amines is 1. The smallest absolute Gasteiger partial charge is 0.161 e. The van der Waals surface area contributed by atoms with Gasteiger partial charge in [-0.3, -0.25) is 4.90 Å². The van der Waals surface area contributed by atoms with Crippen LogP contribution < -0.4 is 9.64 Å². The highest BCUT2D eigenvalue weighted by Crippen LogP contribution is 2.29. The first kappa shape index (κ1) is 18.3. The average Bonchev–Trinajstić information content (AvgIpc) is 3.48. The zero-order valence-corrected chi connectivity index (χ0v) is 17.3. The Morgan fingerprint density at radius 1 is 1.00 bits per heavy atom. The predicted molar refractivity (Wildman–Crippen MR) is 120 cm³/mol. The Bertz CT molecular complexity index is 1230. The summed E-state index contributed by atoms with van der Waals surface area (Å²) in [7, 11) is 0. The quantitative estimate of drug-likeness (QED) is 0.555. The van der Waals surface area contributed by atoms with E-state index >= 15 is 0 Å². The molecule has 156 valence electrons. The van der Waals surface area contributed by atoms with Crippen LogP contribution in [0.2, 0.25) is 0 Å². The standard InChI is InChI=1S/C24H24N6O/c1-2-17-4-6-22(28-23(17)25-8-1)30-11-9-29(10-12-30)16-20-15-26-24(27-20)19-3-5-21-18(14-19)7-13-31-21/h1-6,8,14-15H,7,9-13,16H2,(H,26,27). The summed E-state index contributed by atoms with van der Waals surface area (Å²) in [5.41, 5.74) is 4.35. The number of piperazine rings is 1. The molecule has 0 atom stereocenters. The number of hydrogen-bond donors (Lipinski definition) is 1. The van der Waals surface area contributed by atoms with E-state index in [1.165, 1.54) is 5.56 Å². The lowest BCUT2D eigenvalue weighted by Gasteiger charge is -2.35. The molecule has 0 radical (unpaired) electrons. The molecule has 0 aliphatic carbocycles. The Hall–Kier alpha value is -3.45. The van der Waals surface area contributed by atoms with E-state index in [0.717, 1.165) is 85.4 Å². The van der Waals surface area contributed by atoms with Gasteiger partial charge in [-0.2, -0.15) is 0 Å². The van der Waals surface area contributed by atoms with Crippen LogP contribution >= 0.6 is 0 Å². The molecule has 6 rings (SSSR count). The van der Waals surface area contributed by atoms with Crippen LogP contribution in [-0.4, -0.2) is 57.6 Å². The number of nitrogens with zero attached hydrogens (tertiary/aromatic N) is 5. The number of pyridine rings is 2. The average molecular weight is 412 g/mol. The number of fused-ring (bicyclic) bond motifs is 2. The highest BCUT2D eigenvalue weighted by atomic mass is 16.5. The third kappa shape index (κ3) is 3.61. The van der Waals surface area contributed by atoms with Gasteiger partial charge >= 0.3 is 0 Å². The molecule has 5 heterocycles. The van der Waals surface area contributed by atoms with Crippen molar-refractivity contribution in [1.82, 2.24) is 24.8 Å². The van der Waals surface area contributed by atoms with Crippen LogP contribution in [0.25, 0.3) is 22.4 Å². The van der Waals surface area contributed by atoms with Crippen LogP contribution in [0.1, 0.15) is 11.3 Å². The van der Waals surface area contributed by atoms with Crippen molar-refractivity contribution < 1.29 is 4.74 Å². The fraction of sp³-hybridized carbons (Fsp3) is 0.292. The predicted octanol–water partition coefficient (Wildman–Crippen LogP) is 3.28. The van der Waals surface area contributed by atoms with Crippen molar-refractivity contribution in [2.24, 2.45) is 0 Å². The second kappa shape index (κ2) is 7.67. The molecule has 3 aromatic heterocycles. The van der Waals surface area contributed by atoms with Crippen LogP contribution in [0.4, 0.5) is 5.82 Å². The molecule has 4 aromatic rings. The normalized spacial score (nSPS) is 16.5. The molecule has 2 aliphatic heterocycles. The van der Waals surface area contributed by atoms with Gasteiger partial charge in [-0.15, -0.1) is 0 Å². The molecule has 0 unspecified atom stereocenters. The molecular weight excluding hydrogens is 388 g/mol. The SMILES string of the molecule is c1cnc2nc(N3CCN(Cc4cnc(-c5ccc6c(c5)CCO6)[nH]4)CC3)ccc2c1. The first-order valence-corrected chi connectivity index (χ1v) is 10.8. The van der Waals surface area contributed by atoms with Crippen molar-refractivity contribution in [3.8, 4) is 17.1 Å². The van der Waals surface area contributed by atoms with Gasteiger partial charge in [0.15, 0.2) is 5.65 Å². The van der Waals surface area contributed by atoms with Gasteiger partial charge < -0.3 is 14.6 Å². The molecule has 1 N–H and O–H groups in total. The number of nitrogens with one attached hydrogen (secondary N) is 1. The number of ether oxygens (including phenoxy) is 1. The number of anilines is 1. The van der Waals surface area contributed by atoms with Crippen molar-refractivity contribution in [3.05, 3.63) is 66.1 Å². The molecule has 2 aliphatic rings. The molecule has 0 saturated carbocycles. The third-order valence-corrected chi connectivity index (χ3v) is 6.13. The van der Waals surface area contributed by atoms with Crippen LogP contribution in [0.5, 0.6) is 5.75 Å². The number of rotatable bonds is 4. The molecule has 0 amide bonds. The maximum Gasteiger partial charge on any atom is 0.161 e. The summed E-state index contributed by atoms with van der Waals surface area (Å²) in [6, 6.07) is 14.5. The topological polar surface area (TPSA) is 70.2 Å². The second-order valence-electron chi connectivity index (χ2n) is 8.16. The van der Waals surface area contributed by atoms with Crippen LogP contribution in [0.3, 0.4) is 0 Å². The maximum atomic E-state index is 5.61. The Morgan fingerprint density at radius 3 is 2.87 bits per heavy atom. The lowest BCUT2D eigenvalue weighted by Crippen LogP contribution is -2.46. The van der Waals surface area contributed by atoms with Gasteiger partial charge in [0, 0.05) is 68.2 Å². The van der Waals surface area contributed by atoms with Crippen molar-refractivity contribution >= 4 is 16.9 Å². The maximum absolute atomic E-state index is 5.61. The summed E-state index contributed by atoms with van der Waals surface area (Å²) < 4.78 is 5.61. The summed E-state index contributed by atoms with van der Waals surface area (Å²) >= 11 is 0. The van der Waals surface area contributed by atoms with Gasteiger partial charge in [-0.05, 0) is 48.0 Å². The molecule has 0 spiro atoms. The molecule has 7 heteroatoms. The van der Waals surface area contributed by atoms with Gasteiger partial charge in [0.2, 0.25) is 0 Å². The van der Waals surface area contributed by atoms with E-state index in [2.05, 4.69) is 55.1 Å². The first-order valence-electron chi connectivity index (χ1n) is 10.8. The molecule has 0 bridgehead atoms. The summed E-state index contributed by atoms with van der Waals surface area (Å²) in [4.78, 5) is 22.1. The molecule has 1 saturated heterocycles. The minimum Gasteiger partial charge on any atom is -0.493 e. The number of benzene rings is 1. The number of imidazole rings is 1. The summed E-state index contributed by atoms with van der Waals surface area (Å²) in [6.07, 6.45) is 4.73. The van der Waals surface area contributed by atoms with E-state index in [1.54, 1.807) is 6.20 Å². The van der Waals surface area contributed by atoms with Crippen molar-refractivity contribution in [2.75, 3.05) is 37.7 Å². The fourth-order valence-corrected chi connectivity index (χ4v) is 4.42. The van der Waals surface area contributed by atoms with E-state index in [1.807, 2.05) is 18.3 Å². The van der Waals surface area contributed by atoms with E-state index in [-0.39, 0.29) is 0 Å². The van der Waals surface area contributed by atoms with E-state index < -0.39 is 0 Å². The molecule has 31 heavy (non-hydrogen) atoms. The number of H-pyrrole nitrogens is 1. The van der Waals surface area contributed by atoms with Crippen LogP contribution in [-0.2, 0) is 13.0 Å². The first-order chi connectivity index (χ1) is 15.3. The summed E-state index contributed by atoms with van der Waals surface area (Å²) in [5.74, 6) is 2.94. The minimum atomic E-state index is 0.777. The fourth-order valence-electron chi connectivity index (χ4n) is 4.42. The Balaban J connectivity index is 1.10. The van der Waals surface area contributed by atoms with Gasteiger partial charge in [0.05, 0.1) is 6.61 Å². The molecule has 1 fully saturated rings. The van der Waals surface area contributed by atoms with Gasteiger partial charge in [-0.1, -0.05) is 0 Å². The zero-order chi connectivity index (χ0) is 20.6. The lowest BCUT2D eigenvalue weighted by atomic mass is 10.1. The minimum absolute atomic E-state index is 0.777. The highest BCUT2D eigenvalue weighted by molar-refractivity contribution is 5.76. The molecule has 1 aromatic carbocycles. The van der Waals surface area contributed by atoms with Crippen LogP contribution in [0, 0.1) is 0 Å².